The Kier molecular flexibility index (Phi) is 4.03. The predicted octanol–water partition coefficient (Wildman–Crippen LogP) is 4.40. The zero-order chi connectivity index (χ0) is 21.8. The molecule has 5 rings (SSSR count). The van der Waals surface area contributed by atoms with Crippen LogP contribution in [0.1, 0.15) is 46.0 Å². The third-order valence-corrected chi connectivity index (χ3v) is 6.87. The number of rotatable bonds is 4. The van der Waals surface area contributed by atoms with E-state index in [1.165, 1.54) is 0 Å². The van der Waals surface area contributed by atoms with Crippen LogP contribution in [0.25, 0.3) is 0 Å². The summed E-state index contributed by atoms with van der Waals surface area (Å²) < 4.78 is 0. The van der Waals surface area contributed by atoms with Crippen LogP contribution in [0.3, 0.4) is 0 Å². The molecule has 5 nitrogen and oxygen atoms in total. The van der Waals surface area contributed by atoms with Crippen LogP contribution in [0.2, 0.25) is 0 Å². The van der Waals surface area contributed by atoms with Crippen molar-refractivity contribution in [3.05, 3.63) is 101 Å². The highest BCUT2D eigenvalue weighted by Gasteiger charge is 2.74. The number of fused-ring (bicyclic) bond motifs is 2. The second kappa shape index (κ2) is 6.55. The molecule has 1 heterocycles. The average molecular weight is 408 g/mol. The third-order valence-electron chi connectivity index (χ3n) is 6.87. The standard InChI is InChI=1S/C26H20N2O3/c1-25(20-11-9-17(14-27)10-12-20)16-26(25)21-7-2-3-8-22(21)28(24(26)31)15-18-5-4-6-19(13-18)23(29)30/h2-13H,15-16H2,1H3,(H,29,30). The van der Waals surface area contributed by atoms with E-state index in [0.29, 0.717) is 18.5 Å². The number of benzene rings is 3. The van der Waals surface area contributed by atoms with Crippen LogP contribution < -0.4 is 4.90 Å². The van der Waals surface area contributed by atoms with Gasteiger partial charge in [0.25, 0.3) is 0 Å². The molecule has 0 bridgehead atoms. The number of carbonyl (C=O) groups excluding carboxylic acids is 1. The molecule has 1 spiro atoms. The van der Waals surface area contributed by atoms with Crippen LogP contribution in [0.15, 0.2) is 72.8 Å². The number of carboxylic acids is 1. The van der Waals surface area contributed by atoms with Crippen LogP contribution in [-0.4, -0.2) is 17.0 Å². The maximum Gasteiger partial charge on any atom is 0.335 e. The lowest BCUT2D eigenvalue weighted by Crippen LogP contribution is -2.35. The van der Waals surface area contributed by atoms with E-state index in [0.717, 1.165) is 22.4 Å². The van der Waals surface area contributed by atoms with Gasteiger partial charge in [-0.05, 0) is 53.4 Å². The summed E-state index contributed by atoms with van der Waals surface area (Å²) in [5.74, 6) is -0.941. The summed E-state index contributed by atoms with van der Waals surface area (Å²) >= 11 is 0. The zero-order valence-electron chi connectivity index (χ0n) is 17.0. The van der Waals surface area contributed by atoms with Crippen LogP contribution in [-0.2, 0) is 22.2 Å². The SMILES string of the molecule is CC1(c2ccc(C#N)cc2)CC12C(=O)N(Cc1cccc(C(=O)O)c1)c1ccccc12. The number of carbonyl (C=O) groups is 2. The van der Waals surface area contributed by atoms with E-state index in [2.05, 4.69) is 13.0 Å². The molecule has 5 heteroatoms. The molecule has 3 aromatic carbocycles. The summed E-state index contributed by atoms with van der Waals surface area (Å²) in [4.78, 5) is 27.0. The fraction of sp³-hybridized carbons (Fsp3) is 0.192. The van der Waals surface area contributed by atoms with Crippen molar-refractivity contribution in [1.29, 1.82) is 5.26 Å². The highest BCUT2D eigenvalue weighted by molar-refractivity contribution is 6.12. The normalized spacial score (nSPS) is 23.5. The van der Waals surface area contributed by atoms with E-state index in [1.54, 1.807) is 35.2 Å². The molecule has 3 aromatic rings. The monoisotopic (exact) mass is 408 g/mol. The van der Waals surface area contributed by atoms with Crippen molar-refractivity contribution < 1.29 is 14.7 Å². The Balaban J connectivity index is 1.55. The minimum atomic E-state index is -0.984. The highest BCUT2D eigenvalue weighted by atomic mass is 16.4. The van der Waals surface area contributed by atoms with Gasteiger partial charge in [-0.25, -0.2) is 4.79 Å². The Hall–Kier alpha value is -3.91. The molecular formula is C26H20N2O3. The van der Waals surface area contributed by atoms with Gasteiger partial charge in [0.15, 0.2) is 0 Å². The van der Waals surface area contributed by atoms with Crippen molar-refractivity contribution in [2.45, 2.75) is 30.7 Å². The minimum Gasteiger partial charge on any atom is -0.478 e. The Bertz CT molecular complexity index is 1270. The maximum atomic E-state index is 13.8. The smallest absolute Gasteiger partial charge is 0.335 e. The number of amides is 1. The van der Waals surface area contributed by atoms with Crippen molar-refractivity contribution in [3.63, 3.8) is 0 Å². The van der Waals surface area contributed by atoms with Gasteiger partial charge in [0, 0.05) is 11.1 Å². The first-order chi connectivity index (χ1) is 14.9. The zero-order valence-corrected chi connectivity index (χ0v) is 17.0. The van der Waals surface area contributed by atoms with Crippen LogP contribution in [0.5, 0.6) is 0 Å². The van der Waals surface area contributed by atoms with Gasteiger partial charge in [0.2, 0.25) is 5.91 Å². The summed E-state index contributed by atoms with van der Waals surface area (Å²) in [6.07, 6.45) is 0.702. The molecule has 2 unspecified atom stereocenters. The molecule has 0 aromatic heterocycles. The number of anilines is 1. The first-order valence-electron chi connectivity index (χ1n) is 10.1. The first kappa shape index (κ1) is 19.1. The van der Waals surface area contributed by atoms with Gasteiger partial charge in [-0.1, -0.05) is 49.4 Å². The Morgan fingerprint density at radius 1 is 1.10 bits per heavy atom. The summed E-state index contributed by atoms with van der Waals surface area (Å²) in [5, 5.41) is 18.4. The lowest BCUT2D eigenvalue weighted by molar-refractivity contribution is -0.120. The van der Waals surface area contributed by atoms with Crippen molar-refractivity contribution in [2.24, 2.45) is 0 Å². The predicted molar refractivity (Wildman–Crippen MR) is 116 cm³/mol. The quantitative estimate of drug-likeness (QED) is 0.694. The van der Waals surface area contributed by atoms with Gasteiger partial charge in [0.1, 0.15) is 0 Å². The molecule has 2 aliphatic rings. The number of nitrogens with zero attached hydrogens (tertiary/aromatic N) is 2. The number of nitriles is 1. The molecule has 1 aliphatic heterocycles. The second-order valence-corrected chi connectivity index (χ2v) is 8.52. The maximum absolute atomic E-state index is 13.8. The molecule has 1 saturated carbocycles. The Labute approximate surface area is 180 Å². The van der Waals surface area contributed by atoms with E-state index in [1.807, 2.05) is 42.5 Å². The molecule has 1 amide bonds. The molecule has 152 valence electrons. The van der Waals surface area contributed by atoms with Gasteiger partial charge >= 0.3 is 5.97 Å². The lowest BCUT2D eigenvalue weighted by atomic mass is 9.83. The molecule has 1 fully saturated rings. The van der Waals surface area contributed by atoms with Gasteiger partial charge in [-0.3, -0.25) is 4.79 Å². The van der Waals surface area contributed by atoms with Crippen molar-refractivity contribution in [2.75, 3.05) is 4.90 Å². The minimum absolute atomic E-state index is 0.0429. The molecule has 1 aliphatic carbocycles. The van der Waals surface area contributed by atoms with Crippen molar-refractivity contribution in [1.82, 2.24) is 0 Å². The summed E-state index contributed by atoms with van der Waals surface area (Å²) in [6.45, 7) is 2.43. The summed E-state index contributed by atoms with van der Waals surface area (Å²) in [7, 11) is 0. The molecular weight excluding hydrogens is 388 g/mol. The van der Waals surface area contributed by atoms with E-state index in [-0.39, 0.29) is 16.9 Å². The topological polar surface area (TPSA) is 81.4 Å². The molecule has 1 N–H and O–H groups in total. The van der Waals surface area contributed by atoms with E-state index >= 15 is 0 Å². The van der Waals surface area contributed by atoms with Crippen LogP contribution in [0.4, 0.5) is 5.69 Å². The van der Waals surface area contributed by atoms with Crippen LogP contribution >= 0.6 is 0 Å². The summed E-state index contributed by atoms with van der Waals surface area (Å²) in [5.41, 5.74) is 3.53. The fourth-order valence-electron chi connectivity index (χ4n) is 5.12. The van der Waals surface area contributed by atoms with E-state index in [4.69, 9.17) is 5.26 Å². The number of carboxylic acid groups (broad SMARTS) is 1. The second-order valence-electron chi connectivity index (χ2n) is 8.52. The van der Waals surface area contributed by atoms with Gasteiger partial charge in [0.05, 0.1) is 29.2 Å². The molecule has 2 atom stereocenters. The van der Waals surface area contributed by atoms with Crippen molar-refractivity contribution >= 4 is 17.6 Å². The largest absolute Gasteiger partial charge is 0.478 e. The fourth-order valence-corrected chi connectivity index (χ4v) is 5.12. The number of hydrogen-bond donors (Lipinski definition) is 1. The number of para-hydroxylation sites is 1. The Morgan fingerprint density at radius 2 is 1.84 bits per heavy atom. The highest BCUT2D eigenvalue weighted by Crippen LogP contribution is 2.70. The van der Waals surface area contributed by atoms with E-state index in [9.17, 15) is 14.7 Å². The van der Waals surface area contributed by atoms with Gasteiger partial charge < -0.3 is 10.0 Å². The van der Waals surface area contributed by atoms with E-state index < -0.39 is 11.4 Å². The van der Waals surface area contributed by atoms with Crippen molar-refractivity contribution in [3.8, 4) is 6.07 Å². The lowest BCUT2D eigenvalue weighted by Gasteiger charge is -2.21. The molecule has 31 heavy (non-hydrogen) atoms. The Morgan fingerprint density at radius 3 is 2.55 bits per heavy atom. The average Bonchev–Trinajstić information content (AvgIpc) is 3.38. The molecule has 0 radical (unpaired) electrons. The third kappa shape index (κ3) is 2.62. The van der Waals surface area contributed by atoms with Gasteiger partial charge in [-0.15, -0.1) is 0 Å². The number of aromatic carboxylic acids is 1. The first-order valence-corrected chi connectivity index (χ1v) is 10.1. The van der Waals surface area contributed by atoms with Crippen LogP contribution in [0, 0.1) is 11.3 Å². The number of hydrogen-bond acceptors (Lipinski definition) is 3. The summed E-state index contributed by atoms with van der Waals surface area (Å²) in [6, 6.07) is 24.2. The van der Waals surface area contributed by atoms with Gasteiger partial charge in [-0.2, -0.15) is 5.26 Å². The molecule has 0 saturated heterocycles.